The summed E-state index contributed by atoms with van der Waals surface area (Å²) in [5.41, 5.74) is 0.305. The normalized spacial score (nSPS) is 18.3. The Labute approximate surface area is 215 Å². The van der Waals surface area contributed by atoms with E-state index >= 15 is 0 Å². The Morgan fingerprint density at radius 3 is 1.36 bits per heavy atom. The van der Waals surface area contributed by atoms with Gasteiger partial charge in [0.2, 0.25) is 11.2 Å². The molecule has 0 heterocycles. The van der Waals surface area contributed by atoms with E-state index in [1.165, 1.54) is 31.8 Å². The second kappa shape index (κ2) is 11.4. The summed E-state index contributed by atoms with van der Waals surface area (Å²) in [5, 5.41) is 0. The van der Waals surface area contributed by atoms with Crippen molar-refractivity contribution >= 4 is 11.9 Å². The molecule has 0 unspecified atom stereocenters. The molecule has 36 heavy (non-hydrogen) atoms. The van der Waals surface area contributed by atoms with E-state index in [1.54, 1.807) is 13.8 Å². The highest BCUT2D eigenvalue weighted by molar-refractivity contribution is 5.79. The highest BCUT2D eigenvalue weighted by atomic mass is 16.6. The van der Waals surface area contributed by atoms with Crippen molar-refractivity contribution in [2.24, 2.45) is 0 Å². The van der Waals surface area contributed by atoms with Crippen LogP contribution in [0, 0.1) is 0 Å². The largest absolute Gasteiger partial charge is 0.476 e. The summed E-state index contributed by atoms with van der Waals surface area (Å²) in [5.74, 6) is 0.521. The van der Waals surface area contributed by atoms with Crippen molar-refractivity contribution in [3.05, 3.63) is 59.7 Å². The molecule has 2 atom stereocenters. The molecule has 6 nitrogen and oxygen atoms in total. The van der Waals surface area contributed by atoms with Gasteiger partial charge in [-0.1, -0.05) is 57.4 Å². The van der Waals surface area contributed by atoms with Crippen LogP contribution in [-0.4, -0.2) is 37.4 Å². The van der Waals surface area contributed by atoms with Crippen LogP contribution in [-0.2, 0) is 24.5 Å². The van der Waals surface area contributed by atoms with Crippen LogP contribution in [0.1, 0.15) is 83.8 Å². The molecule has 196 valence electrons. The fourth-order valence-corrected chi connectivity index (χ4v) is 5.05. The minimum Gasteiger partial charge on any atom is -0.476 e. The number of carbonyl (C=O) groups is 2. The van der Waals surface area contributed by atoms with Crippen LogP contribution in [0.5, 0.6) is 11.5 Å². The predicted octanol–water partition coefficient (Wildman–Crippen LogP) is 6.38. The summed E-state index contributed by atoms with van der Waals surface area (Å²) in [6, 6.07) is 16.2. The number of rotatable bonds is 10. The van der Waals surface area contributed by atoms with Crippen molar-refractivity contribution in [2.45, 2.75) is 89.3 Å². The van der Waals surface area contributed by atoms with Crippen molar-refractivity contribution in [3.8, 4) is 11.5 Å². The maximum atomic E-state index is 12.2. The molecule has 1 saturated carbocycles. The highest BCUT2D eigenvalue weighted by Gasteiger charge is 2.38. The molecule has 0 aliphatic heterocycles. The van der Waals surface area contributed by atoms with Gasteiger partial charge in [0, 0.05) is 5.41 Å². The maximum absolute atomic E-state index is 12.2. The SMILES string of the molecule is CC[C@@](C)(Oc1ccc(C2(c3ccc(O[C@@](C)(CC)C(=O)OC)cc3)CCCCC2)cc1)C(=O)OC. The summed E-state index contributed by atoms with van der Waals surface area (Å²) in [6.07, 6.45) is 6.66. The van der Waals surface area contributed by atoms with Gasteiger partial charge in [0.05, 0.1) is 14.2 Å². The number of benzene rings is 2. The Kier molecular flexibility index (Phi) is 8.70. The topological polar surface area (TPSA) is 71.1 Å². The van der Waals surface area contributed by atoms with Gasteiger partial charge in [-0.25, -0.2) is 9.59 Å². The average Bonchev–Trinajstić information content (AvgIpc) is 2.93. The molecule has 2 aromatic carbocycles. The quantitative estimate of drug-likeness (QED) is 0.356. The number of ether oxygens (including phenoxy) is 4. The monoisotopic (exact) mass is 496 g/mol. The minimum atomic E-state index is -1.02. The number of esters is 2. The van der Waals surface area contributed by atoms with Crippen molar-refractivity contribution in [2.75, 3.05) is 14.2 Å². The first-order chi connectivity index (χ1) is 17.2. The fraction of sp³-hybridized carbons (Fsp3) is 0.533. The Balaban J connectivity index is 1.88. The lowest BCUT2D eigenvalue weighted by Crippen LogP contribution is -2.41. The molecule has 0 amide bonds. The molecular formula is C30H40O6. The zero-order valence-corrected chi connectivity index (χ0v) is 22.5. The molecular weight excluding hydrogens is 456 g/mol. The minimum absolute atomic E-state index is 0.109. The Morgan fingerprint density at radius 1 is 0.694 bits per heavy atom. The van der Waals surface area contributed by atoms with Crippen LogP contribution >= 0.6 is 0 Å². The zero-order chi connectivity index (χ0) is 26.4. The molecule has 1 fully saturated rings. The molecule has 0 saturated heterocycles. The summed E-state index contributed by atoms with van der Waals surface area (Å²) >= 11 is 0. The van der Waals surface area contributed by atoms with E-state index in [2.05, 4.69) is 24.3 Å². The Hall–Kier alpha value is -3.02. The smallest absolute Gasteiger partial charge is 0.349 e. The Bertz CT molecular complexity index is 945. The van der Waals surface area contributed by atoms with Gasteiger partial charge >= 0.3 is 11.9 Å². The van der Waals surface area contributed by atoms with E-state index in [0.717, 1.165) is 25.7 Å². The molecule has 2 aromatic rings. The number of methoxy groups -OCH3 is 2. The molecule has 1 aliphatic rings. The lowest BCUT2D eigenvalue weighted by atomic mass is 9.65. The molecule has 1 aliphatic carbocycles. The molecule has 0 aromatic heterocycles. The third-order valence-corrected chi connectivity index (χ3v) is 7.79. The van der Waals surface area contributed by atoms with Crippen molar-refractivity contribution in [1.82, 2.24) is 0 Å². The van der Waals surface area contributed by atoms with Gasteiger partial charge in [-0.2, -0.15) is 0 Å². The number of hydrogen-bond donors (Lipinski definition) is 0. The van der Waals surface area contributed by atoms with E-state index in [-0.39, 0.29) is 17.4 Å². The van der Waals surface area contributed by atoms with Gasteiger partial charge in [0.1, 0.15) is 11.5 Å². The summed E-state index contributed by atoms with van der Waals surface area (Å²) in [7, 11) is 2.76. The lowest BCUT2D eigenvalue weighted by molar-refractivity contribution is -0.158. The van der Waals surface area contributed by atoms with Crippen molar-refractivity contribution in [1.29, 1.82) is 0 Å². The van der Waals surface area contributed by atoms with Gasteiger partial charge in [-0.15, -0.1) is 0 Å². The predicted molar refractivity (Wildman–Crippen MR) is 139 cm³/mol. The number of hydrogen-bond acceptors (Lipinski definition) is 6. The van der Waals surface area contributed by atoms with E-state index < -0.39 is 11.2 Å². The summed E-state index contributed by atoms with van der Waals surface area (Å²) < 4.78 is 22.0. The molecule has 3 rings (SSSR count). The first-order valence-electron chi connectivity index (χ1n) is 12.9. The van der Waals surface area contributed by atoms with Crippen LogP contribution in [0.4, 0.5) is 0 Å². The molecule has 0 spiro atoms. The highest BCUT2D eigenvalue weighted by Crippen LogP contribution is 2.46. The second-order valence-electron chi connectivity index (χ2n) is 10.0. The van der Waals surface area contributed by atoms with E-state index in [4.69, 9.17) is 18.9 Å². The molecule has 0 radical (unpaired) electrons. The van der Waals surface area contributed by atoms with Crippen LogP contribution in [0.3, 0.4) is 0 Å². The maximum Gasteiger partial charge on any atom is 0.349 e. The lowest BCUT2D eigenvalue weighted by Gasteiger charge is -2.39. The van der Waals surface area contributed by atoms with Crippen LogP contribution in [0.2, 0.25) is 0 Å². The molecule has 0 bridgehead atoms. The van der Waals surface area contributed by atoms with Gasteiger partial charge in [0.25, 0.3) is 0 Å². The Morgan fingerprint density at radius 2 is 1.06 bits per heavy atom. The van der Waals surface area contributed by atoms with Crippen molar-refractivity contribution < 1.29 is 28.5 Å². The standard InChI is InChI=1S/C30H40O6/c1-7-28(3,26(31)33-5)35-24-16-12-22(13-17-24)30(20-10-9-11-21-30)23-14-18-25(19-15-23)36-29(4,8-2)27(32)34-6/h12-19H,7-11,20-21H2,1-6H3/t28-,29+. The van der Waals surface area contributed by atoms with Crippen LogP contribution in [0.25, 0.3) is 0 Å². The van der Waals surface area contributed by atoms with Crippen molar-refractivity contribution in [3.63, 3.8) is 0 Å². The summed E-state index contributed by atoms with van der Waals surface area (Å²) in [4.78, 5) is 24.4. The molecule has 0 N–H and O–H groups in total. The summed E-state index contributed by atoms with van der Waals surface area (Å²) in [6.45, 7) is 7.32. The van der Waals surface area contributed by atoms with E-state index in [0.29, 0.717) is 24.3 Å². The first-order valence-corrected chi connectivity index (χ1v) is 12.9. The molecule has 6 heteroatoms. The first kappa shape index (κ1) is 27.6. The number of carbonyl (C=O) groups excluding carboxylic acids is 2. The van der Waals surface area contributed by atoms with Crippen LogP contribution in [0.15, 0.2) is 48.5 Å². The van der Waals surface area contributed by atoms with E-state index in [9.17, 15) is 9.59 Å². The van der Waals surface area contributed by atoms with Crippen LogP contribution < -0.4 is 9.47 Å². The second-order valence-corrected chi connectivity index (χ2v) is 10.0. The third kappa shape index (κ3) is 5.53. The van der Waals surface area contributed by atoms with Gasteiger partial charge in [-0.05, 0) is 74.9 Å². The van der Waals surface area contributed by atoms with Gasteiger partial charge in [-0.3, -0.25) is 0 Å². The zero-order valence-electron chi connectivity index (χ0n) is 22.5. The third-order valence-electron chi connectivity index (χ3n) is 7.79. The average molecular weight is 497 g/mol. The van der Waals surface area contributed by atoms with Gasteiger partial charge < -0.3 is 18.9 Å². The van der Waals surface area contributed by atoms with Gasteiger partial charge in [0.15, 0.2) is 0 Å². The van der Waals surface area contributed by atoms with E-state index in [1.807, 2.05) is 38.1 Å². The fourth-order valence-electron chi connectivity index (χ4n) is 5.05.